The minimum absolute atomic E-state index is 0.214. The van der Waals surface area contributed by atoms with Crippen LogP contribution in [0.3, 0.4) is 0 Å². The van der Waals surface area contributed by atoms with Crippen LogP contribution in [0.4, 0.5) is 0 Å². The molecule has 0 radical (unpaired) electrons. The standard InChI is InChI=1S/C8H10N2OS/c1-7(11)2-5-12-8-6-9-3-4-10-8/h3-4,6H,2,5H2,1H3. The summed E-state index contributed by atoms with van der Waals surface area (Å²) in [4.78, 5) is 18.6. The summed E-state index contributed by atoms with van der Waals surface area (Å²) >= 11 is 1.55. The molecule has 0 saturated heterocycles. The van der Waals surface area contributed by atoms with E-state index in [9.17, 15) is 4.79 Å². The summed E-state index contributed by atoms with van der Waals surface area (Å²) in [6.45, 7) is 1.59. The van der Waals surface area contributed by atoms with E-state index >= 15 is 0 Å². The van der Waals surface area contributed by atoms with Crippen LogP contribution in [-0.2, 0) is 4.79 Å². The van der Waals surface area contributed by atoms with Crippen LogP contribution < -0.4 is 0 Å². The molecule has 0 spiro atoms. The maximum Gasteiger partial charge on any atom is 0.130 e. The molecule has 1 rings (SSSR count). The number of rotatable bonds is 4. The Morgan fingerprint density at radius 3 is 3.00 bits per heavy atom. The highest BCUT2D eigenvalue weighted by molar-refractivity contribution is 7.99. The van der Waals surface area contributed by atoms with Gasteiger partial charge in [0.05, 0.1) is 6.20 Å². The molecule has 1 aromatic rings. The number of aromatic nitrogens is 2. The quantitative estimate of drug-likeness (QED) is 0.662. The van der Waals surface area contributed by atoms with E-state index in [4.69, 9.17) is 0 Å². The maximum atomic E-state index is 10.6. The fourth-order valence-electron chi connectivity index (χ4n) is 0.659. The number of carbonyl (C=O) groups is 1. The van der Waals surface area contributed by atoms with Gasteiger partial charge >= 0.3 is 0 Å². The number of carbonyl (C=O) groups excluding carboxylic acids is 1. The molecule has 64 valence electrons. The van der Waals surface area contributed by atoms with Crippen LogP contribution in [0.2, 0.25) is 0 Å². The maximum absolute atomic E-state index is 10.6. The molecule has 12 heavy (non-hydrogen) atoms. The topological polar surface area (TPSA) is 42.9 Å². The van der Waals surface area contributed by atoms with Crippen molar-refractivity contribution in [1.29, 1.82) is 0 Å². The molecule has 0 amide bonds. The van der Waals surface area contributed by atoms with Gasteiger partial charge in [0.15, 0.2) is 0 Å². The molecule has 1 heterocycles. The third-order valence-electron chi connectivity index (χ3n) is 1.24. The van der Waals surface area contributed by atoms with E-state index in [0.717, 1.165) is 10.8 Å². The Kier molecular flexibility index (Phi) is 3.73. The van der Waals surface area contributed by atoms with Crippen molar-refractivity contribution in [3.63, 3.8) is 0 Å². The van der Waals surface area contributed by atoms with Gasteiger partial charge in [-0.3, -0.25) is 9.78 Å². The molecular weight excluding hydrogens is 172 g/mol. The number of hydrogen-bond acceptors (Lipinski definition) is 4. The molecule has 0 bridgehead atoms. The lowest BCUT2D eigenvalue weighted by molar-refractivity contribution is -0.116. The van der Waals surface area contributed by atoms with Crippen LogP contribution in [-0.4, -0.2) is 21.5 Å². The van der Waals surface area contributed by atoms with Crippen LogP contribution in [0.15, 0.2) is 23.6 Å². The van der Waals surface area contributed by atoms with E-state index in [1.54, 1.807) is 37.3 Å². The zero-order chi connectivity index (χ0) is 8.81. The molecule has 0 aliphatic carbocycles. The zero-order valence-electron chi connectivity index (χ0n) is 6.86. The Bertz CT molecular complexity index is 250. The second-order valence-corrected chi connectivity index (χ2v) is 3.46. The lowest BCUT2D eigenvalue weighted by Gasteiger charge is -1.96. The SMILES string of the molecule is CC(=O)CCSc1cnccn1. The van der Waals surface area contributed by atoms with E-state index in [1.165, 1.54) is 0 Å². The van der Waals surface area contributed by atoms with Crippen molar-refractivity contribution in [1.82, 2.24) is 9.97 Å². The first-order valence-corrected chi connectivity index (χ1v) is 4.66. The van der Waals surface area contributed by atoms with Crippen LogP contribution in [0.5, 0.6) is 0 Å². The summed E-state index contributed by atoms with van der Waals surface area (Å²) in [6, 6.07) is 0. The van der Waals surface area contributed by atoms with Gasteiger partial charge in [0.1, 0.15) is 10.8 Å². The molecule has 0 fully saturated rings. The first-order valence-electron chi connectivity index (χ1n) is 3.67. The molecule has 0 unspecified atom stereocenters. The van der Waals surface area contributed by atoms with Crippen molar-refractivity contribution in [2.45, 2.75) is 18.4 Å². The number of Topliss-reactive ketones (excluding diaryl/α,β-unsaturated/α-hetero) is 1. The third-order valence-corrected chi connectivity index (χ3v) is 2.16. The fourth-order valence-corrected chi connectivity index (χ4v) is 1.53. The van der Waals surface area contributed by atoms with Gasteiger partial charge in [0.2, 0.25) is 0 Å². The summed E-state index contributed by atoms with van der Waals surface area (Å²) in [7, 11) is 0. The molecule has 1 aromatic heterocycles. The molecule has 0 aliphatic rings. The normalized spacial score (nSPS) is 9.75. The molecule has 4 heteroatoms. The minimum Gasteiger partial charge on any atom is -0.300 e. The van der Waals surface area contributed by atoms with Crippen molar-refractivity contribution in [3.05, 3.63) is 18.6 Å². The van der Waals surface area contributed by atoms with E-state index in [2.05, 4.69) is 9.97 Å². The first-order chi connectivity index (χ1) is 5.79. The Morgan fingerprint density at radius 2 is 2.42 bits per heavy atom. The Balaban J connectivity index is 2.29. The van der Waals surface area contributed by atoms with E-state index < -0.39 is 0 Å². The number of thioether (sulfide) groups is 1. The van der Waals surface area contributed by atoms with Crippen LogP contribution in [0.25, 0.3) is 0 Å². The molecule has 0 N–H and O–H groups in total. The van der Waals surface area contributed by atoms with Gasteiger partial charge in [-0.15, -0.1) is 11.8 Å². The molecule has 0 aliphatic heterocycles. The zero-order valence-corrected chi connectivity index (χ0v) is 7.67. The molecule has 0 aromatic carbocycles. The summed E-state index contributed by atoms with van der Waals surface area (Å²) in [5.74, 6) is 1.000. The van der Waals surface area contributed by atoms with Gasteiger partial charge in [-0.1, -0.05) is 0 Å². The first kappa shape index (κ1) is 9.19. The largest absolute Gasteiger partial charge is 0.300 e. The van der Waals surface area contributed by atoms with Gasteiger partial charge in [-0.25, -0.2) is 4.98 Å². The highest BCUT2D eigenvalue weighted by atomic mass is 32.2. The van der Waals surface area contributed by atoms with Gasteiger partial charge in [-0.2, -0.15) is 0 Å². The Labute approximate surface area is 75.6 Å². The number of hydrogen-bond donors (Lipinski definition) is 0. The summed E-state index contributed by atoms with van der Waals surface area (Å²) in [6.07, 6.45) is 5.58. The summed E-state index contributed by atoms with van der Waals surface area (Å²) in [5.41, 5.74) is 0. The van der Waals surface area contributed by atoms with Gasteiger partial charge in [-0.05, 0) is 6.92 Å². The second kappa shape index (κ2) is 4.87. The smallest absolute Gasteiger partial charge is 0.130 e. The molecule has 0 atom stereocenters. The predicted octanol–water partition coefficient (Wildman–Crippen LogP) is 1.55. The average Bonchev–Trinajstić information content (AvgIpc) is 2.05. The van der Waals surface area contributed by atoms with Crippen molar-refractivity contribution in [3.8, 4) is 0 Å². The summed E-state index contributed by atoms with van der Waals surface area (Å²) in [5, 5.41) is 0.874. The second-order valence-electron chi connectivity index (χ2n) is 2.34. The van der Waals surface area contributed by atoms with Crippen molar-refractivity contribution < 1.29 is 4.79 Å². The molecule has 3 nitrogen and oxygen atoms in total. The van der Waals surface area contributed by atoms with Crippen molar-refractivity contribution in [2.75, 3.05) is 5.75 Å². The summed E-state index contributed by atoms with van der Waals surface area (Å²) < 4.78 is 0. The lowest BCUT2D eigenvalue weighted by Crippen LogP contribution is -1.92. The number of nitrogens with zero attached hydrogens (tertiary/aromatic N) is 2. The van der Waals surface area contributed by atoms with E-state index in [1.807, 2.05) is 0 Å². The monoisotopic (exact) mass is 182 g/mol. The average molecular weight is 182 g/mol. The van der Waals surface area contributed by atoms with Crippen LogP contribution in [0.1, 0.15) is 13.3 Å². The van der Waals surface area contributed by atoms with Gasteiger partial charge in [0, 0.05) is 24.6 Å². The van der Waals surface area contributed by atoms with Gasteiger partial charge < -0.3 is 0 Å². The predicted molar refractivity (Wildman–Crippen MR) is 48.1 cm³/mol. The molecule has 0 saturated carbocycles. The minimum atomic E-state index is 0.214. The van der Waals surface area contributed by atoms with Crippen LogP contribution in [0, 0.1) is 0 Å². The van der Waals surface area contributed by atoms with Crippen LogP contribution >= 0.6 is 11.8 Å². The number of ketones is 1. The van der Waals surface area contributed by atoms with E-state index in [0.29, 0.717) is 6.42 Å². The van der Waals surface area contributed by atoms with Gasteiger partial charge in [0.25, 0.3) is 0 Å². The van der Waals surface area contributed by atoms with E-state index in [-0.39, 0.29) is 5.78 Å². The fraction of sp³-hybridized carbons (Fsp3) is 0.375. The molecular formula is C8H10N2OS. The Morgan fingerprint density at radius 1 is 1.58 bits per heavy atom. The highest BCUT2D eigenvalue weighted by Crippen LogP contribution is 2.13. The Hall–Kier alpha value is -0.900. The third kappa shape index (κ3) is 3.48. The highest BCUT2D eigenvalue weighted by Gasteiger charge is 1.96. The van der Waals surface area contributed by atoms with Crippen molar-refractivity contribution in [2.24, 2.45) is 0 Å². The lowest BCUT2D eigenvalue weighted by atomic mass is 10.4. The van der Waals surface area contributed by atoms with Crippen molar-refractivity contribution >= 4 is 17.5 Å².